The van der Waals surface area contributed by atoms with E-state index in [1.807, 2.05) is 0 Å². The van der Waals surface area contributed by atoms with Crippen molar-refractivity contribution >= 4 is 29.3 Å². The Bertz CT molecular complexity index is 1260. The lowest BCUT2D eigenvalue weighted by molar-refractivity contribution is -0.137. The highest BCUT2D eigenvalue weighted by atomic mass is 35.5. The van der Waals surface area contributed by atoms with Gasteiger partial charge in [0.2, 0.25) is 5.96 Å². The zero-order chi connectivity index (χ0) is 27.7. The number of amides is 1. The van der Waals surface area contributed by atoms with Gasteiger partial charge >= 0.3 is 12.3 Å². The second-order valence-electron chi connectivity index (χ2n) is 9.68. The molecule has 0 aromatic heterocycles. The van der Waals surface area contributed by atoms with Gasteiger partial charge in [0, 0.05) is 17.8 Å². The molecule has 13 heteroatoms. The minimum absolute atomic E-state index is 0.0888. The third-order valence-corrected chi connectivity index (χ3v) is 5.81. The number of hydrogen-bond acceptors (Lipinski definition) is 8. The molecule has 2 aromatic carbocycles. The van der Waals surface area contributed by atoms with Gasteiger partial charge in [0.1, 0.15) is 17.6 Å². The smallest absolute Gasteiger partial charge is 0.417 e. The van der Waals surface area contributed by atoms with Crippen molar-refractivity contribution in [2.45, 2.75) is 51.7 Å². The normalized spacial score (nSPS) is 18.8. The van der Waals surface area contributed by atoms with Crippen LogP contribution in [0.1, 0.15) is 39.2 Å². The van der Waals surface area contributed by atoms with Crippen LogP contribution >= 0.6 is 11.6 Å². The van der Waals surface area contributed by atoms with Crippen LogP contribution in [0.25, 0.3) is 11.1 Å². The van der Waals surface area contributed by atoms with Crippen LogP contribution in [-0.2, 0) is 10.9 Å². The van der Waals surface area contributed by atoms with E-state index in [0.29, 0.717) is 24.4 Å². The fourth-order valence-electron chi connectivity index (χ4n) is 3.92. The zero-order valence-corrected chi connectivity index (χ0v) is 21.7. The van der Waals surface area contributed by atoms with Gasteiger partial charge in [-0.15, -0.1) is 0 Å². The first-order valence-corrected chi connectivity index (χ1v) is 12.2. The number of carbonyl (C=O) groups is 1. The number of anilines is 1. The van der Waals surface area contributed by atoms with Crippen molar-refractivity contribution in [1.82, 2.24) is 15.8 Å². The molecule has 0 aliphatic carbocycles. The van der Waals surface area contributed by atoms with E-state index < -0.39 is 29.7 Å². The Hall–Kier alpha value is -3.48. The largest absolute Gasteiger partial charge is 0.463 e. The highest BCUT2D eigenvalue weighted by molar-refractivity contribution is 6.34. The van der Waals surface area contributed by atoms with Crippen molar-refractivity contribution in [3.8, 4) is 16.9 Å². The first-order chi connectivity index (χ1) is 17.8. The van der Waals surface area contributed by atoms with Crippen LogP contribution in [0.15, 0.2) is 53.3 Å². The van der Waals surface area contributed by atoms with Crippen molar-refractivity contribution < 1.29 is 27.4 Å². The molecule has 5 N–H and O–H groups in total. The molecule has 9 nitrogen and oxygen atoms in total. The van der Waals surface area contributed by atoms with Crippen molar-refractivity contribution in [2.24, 2.45) is 10.7 Å². The monoisotopic (exact) mass is 552 g/mol. The Morgan fingerprint density at radius 2 is 1.95 bits per heavy atom. The summed E-state index contributed by atoms with van der Waals surface area (Å²) in [4.78, 5) is 17.9. The summed E-state index contributed by atoms with van der Waals surface area (Å²) in [6, 6.07) is 8.38. The summed E-state index contributed by atoms with van der Waals surface area (Å²) in [5, 5.41) is 2.62. The second kappa shape index (κ2) is 10.7. The van der Waals surface area contributed by atoms with Gasteiger partial charge in [0.05, 0.1) is 16.3 Å². The number of hydrazine groups is 1. The maximum Gasteiger partial charge on any atom is 0.417 e. The molecule has 204 valence electrons. The molecule has 2 aliphatic rings. The van der Waals surface area contributed by atoms with Crippen LogP contribution in [0.5, 0.6) is 5.75 Å². The minimum atomic E-state index is -4.68. The lowest BCUT2D eigenvalue weighted by Crippen LogP contribution is -2.41. The lowest BCUT2D eigenvalue weighted by Gasteiger charge is -2.25. The van der Waals surface area contributed by atoms with Gasteiger partial charge in [0.15, 0.2) is 6.29 Å². The van der Waals surface area contributed by atoms with Gasteiger partial charge in [-0.05, 0) is 63.4 Å². The average molecular weight is 553 g/mol. The maximum absolute atomic E-state index is 14.0. The standard InChI is InChI=1S/C25H28ClF3N6O3/c1-24(2,3)38-23(36)35-10-4-5-16(35)13-37-17-8-6-14(7-9-17)20-18(25(27,28)29)11-15(12-19(20)26)31-22-32-21(30)33-34-22/h6-9,11-13,21,33H,4-5,10,30H2,1-3H3,(H2,31,32,34)/b16-13+. The molecule has 1 unspecified atom stereocenters. The number of nitrogens with two attached hydrogens (primary N) is 1. The molecule has 4 rings (SSSR count). The van der Waals surface area contributed by atoms with E-state index in [0.717, 1.165) is 12.5 Å². The summed E-state index contributed by atoms with van der Waals surface area (Å²) in [6.45, 7) is 5.88. The summed E-state index contributed by atoms with van der Waals surface area (Å²) in [6.07, 6.45) is -3.00. The van der Waals surface area contributed by atoms with E-state index in [9.17, 15) is 18.0 Å². The number of alkyl halides is 3. The SMILES string of the molecule is CC(C)(C)OC(=O)N1CCC/C1=C\Oc1ccc(-c2c(Cl)cc(NC3=NC(N)NN3)cc2C(F)(F)F)cc1. The molecular formula is C25H28ClF3N6O3. The first kappa shape index (κ1) is 27.6. The molecule has 0 bridgehead atoms. The molecular weight excluding hydrogens is 525 g/mol. The fraction of sp³-hybridized carbons (Fsp3) is 0.360. The van der Waals surface area contributed by atoms with Gasteiger partial charge < -0.3 is 14.8 Å². The average Bonchev–Trinajstić information content (AvgIpc) is 3.45. The number of guanidine groups is 1. The van der Waals surface area contributed by atoms with E-state index >= 15 is 0 Å². The molecule has 2 aliphatic heterocycles. The van der Waals surface area contributed by atoms with Gasteiger partial charge in [0.25, 0.3) is 0 Å². The van der Waals surface area contributed by atoms with Crippen molar-refractivity contribution in [3.63, 3.8) is 0 Å². The van der Waals surface area contributed by atoms with Crippen LogP contribution in [0, 0.1) is 0 Å². The van der Waals surface area contributed by atoms with Crippen molar-refractivity contribution in [2.75, 3.05) is 11.9 Å². The Balaban J connectivity index is 1.54. The number of ether oxygens (including phenoxy) is 2. The molecule has 0 radical (unpaired) electrons. The first-order valence-electron chi connectivity index (χ1n) is 11.8. The predicted molar refractivity (Wildman–Crippen MR) is 138 cm³/mol. The topological polar surface area (TPSA) is 113 Å². The summed E-state index contributed by atoms with van der Waals surface area (Å²) < 4.78 is 53.2. The fourth-order valence-corrected chi connectivity index (χ4v) is 4.25. The van der Waals surface area contributed by atoms with Crippen LogP contribution < -0.4 is 26.6 Å². The quantitative estimate of drug-likeness (QED) is 0.376. The van der Waals surface area contributed by atoms with E-state index in [-0.39, 0.29) is 27.8 Å². The van der Waals surface area contributed by atoms with Gasteiger partial charge in [-0.25, -0.2) is 9.79 Å². The number of nitrogens with one attached hydrogen (secondary N) is 3. The Morgan fingerprint density at radius 3 is 2.55 bits per heavy atom. The lowest BCUT2D eigenvalue weighted by atomic mass is 9.98. The molecule has 0 spiro atoms. The second-order valence-corrected chi connectivity index (χ2v) is 10.1. The molecule has 2 aromatic rings. The molecule has 1 saturated heterocycles. The summed E-state index contributed by atoms with van der Waals surface area (Å²) >= 11 is 6.34. The maximum atomic E-state index is 14.0. The number of benzene rings is 2. The number of aliphatic imine (C=N–C) groups is 1. The van der Waals surface area contributed by atoms with Gasteiger partial charge in [-0.1, -0.05) is 23.7 Å². The predicted octanol–water partition coefficient (Wildman–Crippen LogP) is 5.39. The molecule has 0 saturated carbocycles. The van der Waals surface area contributed by atoms with E-state index in [1.54, 1.807) is 20.8 Å². The minimum Gasteiger partial charge on any atom is -0.463 e. The van der Waals surface area contributed by atoms with E-state index in [4.69, 9.17) is 26.8 Å². The van der Waals surface area contributed by atoms with Crippen LogP contribution in [-0.4, -0.2) is 35.4 Å². The Labute approximate surface area is 222 Å². The van der Waals surface area contributed by atoms with E-state index in [1.165, 1.54) is 41.5 Å². The molecule has 2 heterocycles. The number of allylic oxidation sites excluding steroid dienone is 1. The number of halogens is 4. The Kier molecular flexibility index (Phi) is 7.77. The molecule has 1 amide bonds. The van der Waals surface area contributed by atoms with Gasteiger partial charge in [-0.2, -0.15) is 18.6 Å². The van der Waals surface area contributed by atoms with E-state index in [2.05, 4.69) is 21.2 Å². The molecule has 1 fully saturated rings. The number of hydrogen-bond donors (Lipinski definition) is 4. The number of carbonyl (C=O) groups excluding carboxylic acids is 1. The third-order valence-electron chi connectivity index (χ3n) is 5.51. The summed E-state index contributed by atoms with van der Waals surface area (Å²) in [5.41, 5.74) is 10.1. The zero-order valence-electron chi connectivity index (χ0n) is 20.9. The number of rotatable bonds is 4. The van der Waals surface area contributed by atoms with Crippen molar-refractivity contribution in [1.29, 1.82) is 0 Å². The van der Waals surface area contributed by atoms with Crippen LogP contribution in [0.2, 0.25) is 5.02 Å². The number of nitrogens with zero attached hydrogens (tertiary/aromatic N) is 2. The highest BCUT2D eigenvalue weighted by Gasteiger charge is 2.35. The third kappa shape index (κ3) is 6.69. The number of likely N-dealkylation sites (tertiary alicyclic amines) is 1. The summed E-state index contributed by atoms with van der Waals surface area (Å²) in [5.74, 6) is 0.548. The molecule has 38 heavy (non-hydrogen) atoms. The molecule has 1 atom stereocenters. The van der Waals surface area contributed by atoms with Crippen molar-refractivity contribution in [3.05, 3.63) is 58.9 Å². The summed E-state index contributed by atoms with van der Waals surface area (Å²) in [7, 11) is 0. The van der Waals surface area contributed by atoms with Crippen LogP contribution in [0.3, 0.4) is 0 Å². The van der Waals surface area contributed by atoms with Gasteiger partial charge in [-0.3, -0.25) is 16.1 Å². The van der Waals surface area contributed by atoms with Crippen LogP contribution in [0.4, 0.5) is 23.7 Å². The highest BCUT2D eigenvalue weighted by Crippen LogP contribution is 2.43. The Morgan fingerprint density at radius 1 is 1.24 bits per heavy atom.